The Kier molecular flexibility index (Phi) is 5.29. The first-order valence-corrected chi connectivity index (χ1v) is 6.34. The van der Waals surface area contributed by atoms with Crippen LogP contribution in [0.15, 0.2) is 12.3 Å². The van der Waals surface area contributed by atoms with E-state index in [1.807, 2.05) is 17.8 Å². The Morgan fingerprint density at radius 1 is 1.38 bits per heavy atom. The van der Waals surface area contributed by atoms with Gasteiger partial charge in [-0.3, -0.25) is 4.68 Å². The minimum Gasteiger partial charge on any atom is -0.309 e. The highest BCUT2D eigenvalue weighted by Crippen LogP contribution is 2.06. The van der Waals surface area contributed by atoms with Gasteiger partial charge in [-0.05, 0) is 40.2 Å². The molecule has 2 atom stereocenters. The van der Waals surface area contributed by atoms with Crippen molar-refractivity contribution in [2.75, 3.05) is 0 Å². The lowest BCUT2D eigenvalue weighted by Crippen LogP contribution is -2.27. The SMILES string of the molecule is CC(Cl)CC(C)NCc1ccn(C(C)C)n1. The van der Waals surface area contributed by atoms with Gasteiger partial charge in [-0.1, -0.05) is 0 Å². The summed E-state index contributed by atoms with van der Waals surface area (Å²) in [7, 11) is 0. The summed E-state index contributed by atoms with van der Waals surface area (Å²) < 4.78 is 1.98. The average molecular weight is 244 g/mol. The molecule has 3 nitrogen and oxygen atoms in total. The van der Waals surface area contributed by atoms with Gasteiger partial charge in [0.05, 0.1) is 5.69 Å². The largest absolute Gasteiger partial charge is 0.309 e. The smallest absolute Gasteiger partial charge is 0.0762 e. The third-order valence-corrected chi connectivity index (χ3v) is 2.68. The normalized spacial score (nSPS) is 15.4. The molecule has 4 heteroatoms. The van der Waals surface area contributed by atoms with Gasteiger partial charge in [0, 0.05) is 30.2 Å². The Bertz CT molecular complexity index is 307. The first-order valence-electron chi connectivity index (χ1n) is 5.90. The van der Waals surface area contributed by atoms with E-state index < -0.39 is 0 Å². The fourth-order valence-corrected chi connectivity index (χ4v) is 1.88. The molecule has 1 aromatic rings. The molecular weight excluding hydrogens is 222 g/mol. The summed E-state index contributed by atoms with van der Waals surface area (Å²) in [6.45, 7) is 9.24. The number of aromatic nitrogens is 2. The first-order chi connectivity index (χ1) is 7.49. The van der Waals surface area contributed by atoms with Crippen molar-refractivity contribution < 1.29 is 0 Å². The number of halogens is 1. The van der Waals surface area contributed by atoms with E-state index in [0.717, 1.165) is 18.7 Å². The van der Waals surface area contributed by atoms with Gasteiger partial charge in [0.15, 0.2) is 0 Å². The molecule has 0 spiro atoms. The van der Waals surface area contributed by atoms with E-state index in [1.54, 1.807) is 0 Å². The van der Waals surface area contributed by atoms with Crippen molar-refractivity contribution in [3.63, 3.8) is 0 Å². The van der Waals surface area contributed by atoms with Crippen LogP contribution in [-0.2, 0) is 6.54 Å². The Morgan fingerprint density at radius 3 is 2.56 bits per heavy atom. The molecule has 92 valence electrons. The fourth-order valence-electron chi connectivity index (χ4n) is 1.61. The summed E-state index contributed by atoms with van der Waals surface area (Å²) in [6, 6.07) is 2.91. The number of nitrogens with one attached hydrogen (secondary N) is 1. The first kappa shape index (κ1) is 13.5. The van der Waals surface area contributed by atoms with E-state index in [1.165, 1.54) is 0 Å². The molecule has 0 radical (unpaired) electrons. The zero-order chi connectivity index (χ0) is 12.1. The molecule has 0 bridgehead atoms. The summed E-state index contributed by atoms with van der Waals surface area (Å²) >= 11 is 5.94. The topological polar surface area (TPSA) is 29.9 Å². The Labute approximate surface area is 103 Å². The Balaban J connectivity index is 2.36. The van der Waals surface area contributed by atoms with E-state index in [9.17, 15) is 0 Å². The predicted molar refractivity (Wildman–Crippen MR) is 68.8 cm³/mol. The zero-order valence-corrected chi connectivity index (χ0v) is 11.3. The van der Waals surface area contributed by atoms with Crippen LogP contribution in [-0.4, -0.2) is 21.2 Å². The lowest BCUT2D eigenvalue weighted by Gasteiger charge is -2.13. The van der Waals surface area contributed by atoms with Crippen LogP contribution in [0.4, 0.5) is 0 Å². The van der Waals surface area contributed by atoms with E-state index in [4.69, 9.17) is 11.6 Å². The second-order valence-corrected chi connectivity index (χ2v) is 5.42. The minimum atomic E-state index is 0.218. The molecule has 1 aromatic heterocycles. The van der Waals surface area contributed by atoms with Gasteiger partial charge in [-0.25, -0.2) is 0 Å². The van der Waals surface area contributed by atoms with E-state index >= 15 is 0 Å². The van der Waals surface area contributed by atoms with Crippen molar-refractivity contribution in [3.8, 4) is 0 Å². The lowest BCUT2D eigenvalue weighted by molar-refractivity contribution is 0.490. The third kappa shape index (κ3) is 4.54. The van der Waals surface area contributed by atoms with E-state index in [-0.39, 0.29) is 5.38 Å². The minimum absolute atomic E-state index is 0.218. The standard InChI is InChI=1S/C12H22ClN3/c1-9(2)16-6-5-12(15-16)8-14-11(4)7-10(3)13/h5-6,9-11,14H,7-8H2,1-4H3. The number of alkyl halides is 1. The van der Waals surface area contributed by atoms with Crippen LogP contribution < -0.4 is 5.32 Å². The van der Waals surface area contributed by atoms with Crippen LogP contribution in [0, 0.1) is 0 Å². The van der Waals surface area contributed by atoms with Crippen molar-refractivity contribution in [2.24, 2.45) is 0 Å². The van der Waals surface area contributed by atoms with Crippen LogP contribution in [0.3, 0.4) is 0 Å². The van der Waals surface area contributed by atoms with Gasteiger partial charge in [-0.2, -0.15) is 5.10 Å². The van der Waals surface area contributed by atoms with Gasteiger partial charge in [0.1, 0.15) is 0 Å². The van der Waals surface area contributed by atoms with Crippen LogP contribution in [0.5, 0.6) is 0 Å². The molecular formula is C12H22ClN3. The summed E-state index contributed by atoms with van der Waals surface area (Å²) in [5.41, 5.74) is 1.09. The molecule has 0 aromatic carbocycles. The second-order valence-electron chi connectivity index (χ2n) is 4.68. The summed E-state index contributed by atoms with van der Waals surface area (Å²) in [5.74, 6) is 0. The van der Waals surface area contributed by atoms with Crippen LogP contribution in [0.25, 0.3) is 0 Å². The van der Waals surface area contributed by atoms with Crippen molar-refractivity contribution in [1.82, 2.24) is 15.1 Å². The van der Waals surface area contributed by atoms with Gasteiger partial charge < -0.3 is 5.32 Å². The molecule has 0 aliphatic carbocycles. The summed E-state index contributed by atoms with van der Waals surface area (Å²) in [6.07, 6.45) is 3.00. The number of hydrogen-bond donors (Lipinski definition) is 1. The molecule has 0 saturated heterocycles. The summed E-state index contributed by atoms with van der Waals surface area (Å²) in [5, 5.41) is 8.12. The maximum absolute atomic E-state index is 5.94. The molecule has 16 heavy (non-hydrogen) atoms. The molecule has 1 rings (SSSR count). The monoisotopic (exact) mass is 243 g/mol. The number of hydrogen-bond acceptors (Lipinski definition) is 2. The zero-order valence-electron chi connectivity index (χ0n) is 10.6. The Morgan fingerprint density at radius 2 is 2.06 bits per heavy atom. The van der Waals surface area contributed by atoms with E-state index in [2.05, 4.69) is 37.3 Å². The number of rotatable bonds is 6. The Hall–Kier alpha value is -0.540. The van der Waals surface area contributed by atoms with Crippen molar-refractivity contribution in [2.45, 2.75) is 58.1 Å². The van der Waals surface area contributed by atoms with Crippen molar-refractivity contribution in [3.05, 3.63) is 18.0 Å². The predicted octanol–water partition coefficient (Wildman–Crippen LogP) is 2.96. The van der Waals surface area contributed by atoms with Crippen molar-refractivity contribution >= 4 is 11.6 Å². The molecule has 0 aliphatic heterocycles. The molecule has 0 fully saturated rings. The summed E-state index contributed by atoms with van der Waals surface area (Å²) in [4.78, 5) is 0. The van der Waals surface area contributed by atoms with Crippen LogP contribution in [0.2, 0.25) is 0 Å². The third-order valence-electron chi connectivity index (χ3n) is 2.50. The van der Waals surface area contributed by atoms with Gasteiger partial charge in [0.25, 0.3) is 0 Å². The molecule has 0 aliphatic rings. The fraction of sp³-hybridized carbons (Fsp3) is 0.750. The lowest BCUT2D eigenvalue weighted by atomic mass is 10.2. The highest BCUT2D eigenvalue weighted by molar-refractivity contribution is 6.20. The van der Waals surface area contributed by atoms with Crippen LogP contribution >= 0.6 is 11.6 Å². The molecule has 1 N–H and O–H groups in total. The second kappa shape index (κ2) is 6.26. The number of nitrogens with zero attached hydrogens (tertiary/aromatic N) is 2. The molecule has 1 heterocycles. The maximum atomic E-state index is 5.94. The van der Waals surface area contributed by atoms with Crippen LogP contribution in [0.1, 0.15) is 45.9 Å². The van der Waals surface area contributed by atoms with Gasteiger partial charge in [0.2, 0.25) is 0 Å². The highest BCUT2D eigenvalue weighted by atomic mass is 35.5. The molecule has 2 unspecified atom stereocenters. The highest BCUT2D eigenvalue weighted by Gasteiger charge is 2.07. The maximum Gasteiger partial charge on any atom is 0.0762 e. The average Bonchev–Trinajstić information content (AvgIpc) is 2.61. The van der Waals surface area contributed by atoms with Gasteiger partial charge >= 0.3 is 0 Å². The molecule has 0 amide bonds. The van der Waals surface area contributed by atoms with Crippen molar-refractivity contribution in [1.29, 1.82) is 0 Å². The quantitative estimate of drug-likeness (QED) is 0.779. The van der Waals surface area contributed by atoms with Gasteiger partial charge in [-0.15, -0.1) is 11.6 Å². The molecule has 0 saturated carbocycles. The van der Waals surface area contributed by atoms with E-state index in [0.29, 0.717) is 12.1 Å².